The highest BCUT2D eigenvalue weighted by Gasteiger charge is 2.08. The Morgan fingerprint density at radius 3 is 2.30 bits per heavy atom. The molecule has 0 heterocycles. The van der Waals surface area contributed by atoms with Crippen LogP contribution < -0.4 is 19.5 Å². The van der Waals surface area contributed by atoms with Crippen molar-refractivity contribution in [2.45, 2.75) is 13.0 Å². The SMILES string of the molecule is COc1ccc(COc2ccc(CC(C#N)=CNc3ccccc3)cc2OC)cc1. The molecule has 0 unspecified atom stereocenters. The van der Waals surface area contributed by atoms with E-state index >= 15 is 0 Å². The number of benzene rings is 3. The minimum atomic E-state index is 0.421. The van der Waals surface area contributed by atoms with Crippen molar-refractivity contribution in [1.29, 1.82) is 5.26 Å². The highest BCUT2D eigenvalue weighted by atomic mass is 16.5. The number of hydrogen-bond donors (Lipinski definition) is 1. The van der Waals surface area contributed by atoms with Crippen LogP contribution in [-0.4, -0.2) is 14.2 Å². The molecule has 0 amide bonds. The van der Waals surface area contributed by atoms with Gasteiger partial charge in [0.05, 0.1) is 20.3 Å². The molecular formula is C25H24N2O3. The van der Waals surface area contributed by atoms with E-state index in [2.05, 4.69) is 11.4 Å². The highest BCUT2D eigenvalue weighted by Crippen LogP contribution is 2.30. The zero-order valence-corrected chi connectivity index (χ0v) is 17.1. The third kappa shape index (κ3) is 5.79. The van der Waals surface area contributed by atoms with Gasteiger partial charge in [0.15, 0.2) is 11.5 Å². The average Bonchev–Trinajstić information content (AvgIpc) is 2.81. The Kier molecular flexibility index (Phi) is 7.34. The van der Waals surface area contributed by atoms with Crippen molar-refractivity contribution >= 4 is 5.69 Å². The van der Waals surface area contributed by atoms with E-state index in [0.29, 0.717) is 30.1 Å². The quantitative estimate of drug-likeness (QED) is 0.491. The maximum Gasteiger partial charge on any atom is 0.161 e. The van der Waals surface area contributed by atoms with Gasteiger partial charge in [-0.05, 0) is 47.5 Å². The molecule has 5 nitrogen and oxygen atoms in total. The van der Waals surface area contributed by atoms with Gasteiger partial charge in [-0.3, -0.25) is 0 Å². The molecular weight excluding hydrogens is 376 g/mol. The predicted molar refractivity (Wildman–Crippen MR) is 118 cm³/mol. The van der Waals surface area contributed by atoms with Crippen molar-refractivity contribution in [3.63, 3.8) is 0 Å². The van der Waals surface area contributed by atoms with Gasteiger partial charge in [-0.1, -0.05) is 36.4 Å². The summed E-state index contributed by atoms with van der Waals surface area (Å²) in [5.41, 5.74) is 3.55. The normalized spacial score (nSPS) is 10.8. The number of nitriles is 1. The first-order chi connectivity index (χ1) is 14.7. The lowest BCUT2D eigenvalue weighted by Gasteiger charge is -2.12. The Morgan fingerprint density at radius 2 is 1.63 bits per heavy atom. The molecule has 3 aromatic carbocycles. The molecule has 0 aliphatic rings. The molecule has 3 aromatic rings. The maximum absolute atomic E-state index is 9.47. The van der Waals surface area contributed by atoms with Gasteiger partial charge < -0.3 is 19.5 Å². The second kappa shape index (κ2) is 10.6. The summed E-state index contributed by atoms with van der Waals surface area (Å²) in [6, 6.07) is 25.4. The third-order valence-corrected chi connectivity index (χ3v) is 4.51. The molecule has 0 saturated carbocycles. The van der Waals surface area contributed by atoms with E-state index in [1.807, 2.05) is 72.8 Å². The Balaban J connectivity index is 1.65. The van der Waals surface area contributed by atoms with Gasteiger partial charge in [0.2, 0.25) is 0 Å². The summed E-state index contributed by atoms with van der Waals surface area (Å²) in [4.78, 5) is 0. The number of anilines is 1. The first-order valence-corrected chi connectivity index (χ1v) is 9.55. The Bertz CT molecular complexity index is 1020. The van der Waals surface area contributed by atoms with Crippen molar-refractivity contribution in [3.8, 4) is 23.3 Å². The molecule has 0 spiro atoms. The monoisotopic (exact) mass is 400 g/mol. The van der Waals surface area contributed by atoms with Gasteiger partial charge in [0, 0.05) is 23.9 Å². The summed E-state index contributed by atoms with van der Waals surface area (Å²) in [5.74, 6) is 2.10. The molecule has 3 rings (SSSR count). The summed E-state index contributed by atoms with van der Waals surface area (Å²) >= 11 is 0. The number of hydrogen-bond acceptors (Lipinski definition) is 5. The zero-order chi connectivity index (χ0) is 21.2. The molecule has 0 aromatic heterocycles. The number of para-hydroxylation sites is 1. The topological polar surface area (TPSA) is 63.5 Å². The van der Waals surface area contributed by atoms with E-state index in [1.54, 1.807) is 20.4 Å². The van der Waals surface area contributed by atoms with E-state index in [0.717, 1.165) is 22.6 Å². The first kappa shape index (κ1) is 20.8. The Morgan fingerprint density at radius 1 is 0.900 bits per heavy atom. The molecule has 0 bridgehead atoms. The molecule has 0 radical (unpaired) electrons. The fraction of sp³-hybridized carbons (Fsp3) is 0.160. The van der Waals surface area contributed by atoms with Crippen molar-refractivity contribution in [3.05, 3.63) is 95.7 Å². The Hall–Kier alpha value is -3.91. The summed E-state index contributed by atoms with van der Waals surface area (Å²) < 4.78 is 16.6. The van der Waals surface area contributed by atoms with Crippen molar-refractivity contribution in [2.75, 3.05) is 19.5 Å². The van der Waals surface area contributed by atoms with Gasteiger partial charge >= 0.3 is 0 Å². The minimum absolute atomic E-state index is 0.421. The van der Waals surface area contributed by atoms with Crippen molar-refractivity contribution < 1.29 is 14.2 Å². The average molecular weight is 400 g/mol. The number of ether oxygens (including phenoxy) is 3. The summed E-state index contributed by atoms with van der Waals surface area (Å²) in [6.07, 6.45) is 2.22. The molecule has 30 heavy (non-hydrogen) atoms. The van der Waals surface area contributed by atoms with Crippen molar-refractivity contribution in [1.82, 2.24) is 0 Å². The van der Waals surface area contributed by atoms with E-state index in [1.165, 1.54) is 0 Å². The van der Waals surface area contributed by atoms with Gasteiger partial charge in [-0.15, -0.1) is 0 Å². The molecule has 5 heteroatoms. The smallest absolute Gasteiger partial charge is 0.161 e. The van der Waals surface area contributed by atoms with Gasteiger partial charge in [0.25, 0.3) is 0 Å². The van der Waals surface area contributed by atoms with Gasteiger partial charge in [-0.2, -0.15) is 5.26 Å². The second-order valence-corrected chi connectivity index (χ2v) is 6.59. The van der Waals surface area contributed by atoms with Gasteiger partial charge in [0.1, 0.15) is 12.4 Å². The zero-order valence-electron chi connectivity index (χ0n) is 17.1. The largest absolute Gasteiger partial charge is 0.497 e. The Labute approximate surface area is 177 Å². The van der Waals surface area contributed by atoms with Crippen LogP contribution in [0.5, 0.6) is 17.2 Å². The van der Waals surface area contributed by atoms with Crippen LogP contribution in [-0.2, 0) is 13.0 Å². The van der Waals surface area contributed by atoms with Crippen LogP contribution in [0.25, 0.3) is 0 Å². The summed E-state index contributed by atoms with van der Waals surface area (Å²) in [7, 11) is 3.25. The molecule has 0 aliphatic carbocycles. The van der Waals surface area contributed by atoms with Crippen LogP contribution in [0.3, 0.4) is 0 Å². The molecule has 0 aliphatic heterocycles. The summed E-state index contributed by atoms with van der Waals surface area (Å²) in [6.45, 7) is 0.421. The molecule has 0 fully saturated rings. The number of nitrogens with one attached hydrogen (secondary N) is 1. The van der Waals surface area contributed by atoms with E-state index in [-0.39, 0.29) is 0 Å². The lowest BCUT2D eigenvalue weighted by atomic mass is 10.1. The lowest BCUT2D eigenvalue weighted by molar-refractivity contribution is 0.284. The van der Waals surface area contributed by atoms with Crippen molar-refractivity contribution in [2.24, 2.45) is 0 Å². The van der Waals surface area contributed by atoms with Crippen LogP contribution in [0, 0.1) is 11.3 Å². The molecule has 1 N–H and O–H groups in total. The predicted octanol–water partition coefficient (Wildman–Crippen LogP) is 5.34. The number of nitrogens with zero attached hydrogens (tertiary/aromatic N) is 1. The van der Waals surface area contributed by atoms with Crippen LogP contribution >= 0.6 is 0 Å². The van der Waals surface area contributed by atoms with E-state index < -0.39 is 0 Å². The van der Waals surface area contributed by atoms with Crippen LogP contribution in [0.4, 0.5) is 5.69 Å². The van der Waals surface area contributed by atoms with Crippen LogP contribution in [0.2, 0.25) is 0 Å². The number of methoxy groups -OCH3 is 2. The van der Waals surface area contributed by atoms with E-state index in [9.17, 15) is 5.26 Å². The second-order valence-electron chi connectivity index (χ2n) is 6.59. The molecule has 152 valence electrons. The minimum Gasteiger partial charge on any atom is -0.497 e. The molecule has 0 saturated heterocycles. The third-order valence-electron chi connectivity index (χ3n) is 4.51. The van der Waals surface area contributed by atoms with Crippen LogP contribution in [0.1, 0.15) is 11.1 Å². The van der Waals surface area contributed by atoms with Crippen LogP contribution in [0.15, 0.2) is 84.6 Å². The molecule has 0 atom stereocenters. The summed E-state index contributed by atoms with van der Waals surface area (Å²) in [5, 5.41) is 12.6. The fourth-order valence-electron chi connectivity index (χ4n) is 2.87. The highest BCUT2D eigenvalue weighted by molar-refractivity contribution is 5.48. The van der Waals surface area contributed by atoms with E-state index in [4.69, 9.17) is 14.2 Å². The standard InChI is InChI=1S/C25H24N2O3/c1-28-23-11-8-19(9-12-23)18-30-24-13-10-20(15-25(24)29-2)14-21(16-26)17-27-22-6-4-3-5-7-22/h3-13,15,17,27H,14,18H2,1-2H3. The number of allylic oxidation sites excluding steroid dienone is 1. The first-order valence-electron chi connectivity index (χ1n) is 9.55. The fourth-order valence-corrected chi connectivity index (χ4v) is 2.87. The van der Waals surface area contributed by atoms with Gasteiger partial charge in [-0.25, -0.2) is 0 Å². The lowest BCUT2D eigenvalue weighted by Crippen LogP contribution is -1.99. The number of rotatable bonds is 9. The maximum atomic E-state index is 9.47.